The van der Waals surface area contributed by atoms with E-state index < -0.39 is 0 Å². The van der Waals surface area contributed by atoms with Crippen molar-refractivity contribution in [2.24, 2.45) is 5.73 Å². The zero-order valence-electron chi connectivity index (χ0n) is 11.3. The van der Waals surface area contributed by atoms with Crippen molar-refractivity contribution in [2.45, 2.75) is 25.3 Å². The summed E-state index contributed by atoms with van der Waals surface area (Å²) in [6.07, 6.45) is 2.95. The molecule has 0 saturated heterocycles. The van der Waals surface area contributed by atoms with Crippen LogP contribution in [0.25, 0.3) is 0 Å². The van der Waals surface area contributed by atoms with Crippen molar-refractivity contribution in [1.29, 1.82) is 0 Å². The fourth-order valence-electron chi connectivity index (χ4n) is 1.84. The minimum Gasteiger partial charge on any atom is -0.497 e. The highest BCUT2D eigenvalue weighted by molar-refractivity contribution is 5.92. The van der Waals surface area contributed by atoms with Gasteiger partial charge in [-0.15, -0.1) is 0 Å². The Bertz CT molecular complexity index is 415. The monoisotopic (exact) mass is 263 g/mol. The van der Waals surface area contributed by atoms with Crippen LogP contribution in [0, 0.1) is 0 Å². The highest BCUT2D eigenvalue weighted by Crippen LogP contribution is 2.22. The van der Waals surface area contributed by atoms with Crippen LogP contribution in [0.3, 0.4) is 0 Å². The number of amides is 2. The molecule has 0 atom stereocenters. The lowest BCUT2D eigenvalue weighted by molar-refractivity contribution is 0.246. The lowest BCUT2D eigenvalue weighted by Gasteiger charge is -2.23. The van der Waals surface area contributed by atoms with E-state index in [0.29, 0.717) is 19.1 Å². The highest BCUT2D eigenvalue weighted by Gasteiger charge is 2.26. The van der Waals surface area contributed by atoms with Crippen LogP contribution >= 0.6 is 0 Å². The number of ether oxygens (including phenoxy) is 1. The molecular weight excluding hydrogens is 242 g/mol. The lowest BCUT2D eigenvalue weighted by atomic mass is 10.2. The van der Waals surface area contributed by atoms with E-state index in [2.05, 4.69) is 5.32 Å². The van der Waals surface area contributed by atoms with E-state index in [1.807, 2.05) is 24.3 Å². The number of rotatable bonds is 6. The van der Waals surface area contributed by atoms with Crippen molar-refractivity contribution >= 4 is 11.7 Å². The molecule has 1 saturated carbocycles. The van der Waals surface area contributed by atoms with Crippen LogP contribution in [0.5, 0.6) is 5.75 Å². The fourth-order valence-corrected chi connectivity index (χ4v) is 1.84. The molecule has 0 aromatic heterocycles. The molecule has 5 nitrogen and oxygen atoms in total. The molecule has 0 heterocycles. The Morgan fingerprint density at radius 3 is 2.63 bits per heavy atom. The zero-order valence-corrected chi connectivity index (χ0v) is 11.3. The number of benzene rings is 1. The third-order valence-electron chi connectivity index (χ3n) is 3.12. The van der Waals surface area contributed by atoms with E-state index in [1.165, 1.54) is 0 Å². The summed E-state index contributed by atoms with van der Waals surface area (Å²) in [5.41, 5.74) is 6.40. The van der Waals surface area contributed by atoms with Crippen molar-refractivity contribution in [3.05, 3.63) is 24.3 Å². The first-order valence-electron chi connectivity index (χ1n) is 6.66. The second kappa shape index (κ2) is 6.43. The van der Waals surface area contributed by atoms with Gasteiger partial charge in [-0.05, 0) is 50.1 Å². The summed E-state index contributed by atoms with van der Waals surface area (Å²) in [5, 5.41) is 3.00. The van der Waals surface area contributed by atoms with Crippen LogP contribution in [-0.2, 0) is 0 Å². The van der Waals surface area contributed by atoms with E-state index in [-0.39, 0.29) is 6.03 Å². The molecule has 0 spiro atoms. The second-order valence-corrected chi connectivity index (χ2v) is 4.72. The van der Waals surface area contributed by atoms with Crippen molar-refractivity contribution in [3.63, 3.8) is 0 Å². The molecule has 1 aliphatic carbocycles. The van der Waals surface area contributed by atoms with Gasteiger partial charge in [0.05, 0.1) is 7.11 Å². The van der Waals surface area contributed by atoms with Gasteiger partial charge in [-0.1, -0.05) is 0 Å². The molecule has 3 N–H and O–H groups in total. The predicted molar refractivity (Wildman–Crippen MR) is 75.6 cm³/mol. The quantitative estimate of drug-likeness (QED) is 0.821. The molecule has 1 aromatic carbocycles. The summed E-state index contributed by atoms with van der Waals surface area (Å²) in [6, 6.07) is 7.81. The number of urea groups is 1. The molecule has 104 valence electrons. The van der Waals surface area contributed by atoms with Crippen LogP contribution in [0.1, 0.15) is 19.3 Å². The van der Waals surface area contributed by atoms with Gasteiger partial charge >= 0.3 is 6.03 Å². The largest absolute Gasteiger partial charge is 0.497 e. The Labute approximate surface area is 113 Å². The molecule has 0 aliphatic heterocycles. The van der Waals surface area contributed by atoms with E-state index in [4.69, 9.17) is 10.5 Å². The Balaban J connectivity index is 2.07. The molecule has 1 aliphatic rings. The fraction of sp³-hybridized carbons (Fsp3) is 0.500. The van der Waals surface area contributed by atoms with Gasteiger partial charge in [0.1, 0.15) is 5.75 Å². The number of carbonyl (C=O) groups is 1. The maximum absolute atomic E-state index is 12.2. The first-order chi connectivity index (χ1) is 9.24. The van der Waals surface area contributed by atoms with Crippen LogP contribution in [-0.4, -0.2) is 32.3 Å². The number of nitrogens with zero attached hydrogens (tertiary/aromatic N) is 1. The number of hydrogen-bond donors (Lipinski definition) is 2. The number of nitrogens with two attached hydrogens (primary N) is 1. The summed E-state index contributed by atoms with van der Waals surface area (Å²) in [7, 11) is 1.63. The van der Waals surface area contributed by atoms with Gasteiger partial charge in [0.15, 0.2) is 0 Å². The maximum Gasteiger partial charge on any atom is 0.322 e. The summed E-state index contributed by atoms with van der Waals surface area (Å²) >= 11 is 0. The smallest absolute Gasteiger partial charge is 0.322 e. The predicted octanol–water partition coefficient (Wildman–Crippen LogP) is 1.72. The molecular formula is C14H21N3O2. The molecule has 2 amide bonds. The highest BCUT2D eigenvalue weighted by atomic mass is 16.5. The molecule has 0 radical (unpaired) electrons. The molecule has 19 heavy (non-hydrogen) atoms. The van der Waals surface area contributed by atoms with E-state index >= 15 is 0 Å². The van der Waals surface area contributed by atoms with Crippen molar-refractivity contribution < 1.29 is 9.53 Å². The maximum atomic E-state index is 12.2. The van der Waals surface area contributed by atoms with Gasteiger partial charge in [0.2, 0.25) is 0 Å². The number of carbonyl (C=O) groups excluding carboxylic acids is 1. The summed E-state index contributed by atoms with van der Waals surface area (Å²) < 4.78 is 5.13. The minimum absolute atomic E-state index is 0.0406. The van der Waals surface area contributed by atoms with Gasteiger partial charge < -0.3 is 15.8 Å². The van der Waals surface area contributed by atoms with Crippen LogP contribution in [0.15, 0.2) is 24.3 Å². The Morgan fingerprint density at radius 1 is 1.42 bits per heavy atom. The molecule has 2 rings (SSSR count). The molecule has 1 fully saturated rings. The minimum atomic E-state index is -0.0406. The number of methoxy groups -OCH3 is 1. The average molecular weight is 263 g/mol. The van der Waals surface area contributed by atoms with Gasteiger partial charge in [0.25, 0.3) is 0 Å². The third-order valence-corrected chi connectivity index (χ3v) is 3.12. The number of anilines is 1. The molecule has 1 aromatic rings. The van der Waals surface area contributed by atoms with E-state index in [0.717, 1.165) is 30.7 Å². The lowest BCUT2D eigenvalue weighted by Crippen LogP contribution is -2.42. The van der Waals surface area contributed by atoms with Crippen LogP contribution in [0.2, 0.25) is 0 Å². The Kier molecular flexibility index (Phi) is 4.63. The summed E-state index contributed by atoms with van der Waals surface area (Å²) in [5.74, 6) is 0.783. The summed E-state index contributed by atoms with van der Waals surface area (Å²) in [4.78, 5) is 13.9. The van der Waals surface area contributed by atoms with Gasteiger partial charge in [-0.2, -0.15) is 0 Å². The Hall–Kier alpha value is -1.75. The van der Waals surface area contributed by atoms with Crippen LogP contribution < -0.4 is 20.7 Å². The molecule has 0 unspecified atom stereocenters. The van der Waals surface area contributed by atoms with Crippen LogP contribution in [0.4, 0.5) is 10.5 Å². The topological polar surface area (TPSA) is 67.6 Å². The first kappa shape index (κ1) is 13.7. The van der Waals surface area contributed by atoms with Crippen molar-refractivity contribution in [3.8, 4) is 5.75 Å². The Morgan fingerprint density at radius 2 is 2.11 bits per heavy atom. The average Bonchev–Trinajstić information content (AvgIpc) is 3.24. The number of hydrogen-bond acceptors (Lipinski definition) is 3. The zero-order chi connectivity index (χ0) is 13.7. The second-order valence-electron chi connectivity index (χ2n) is 4.72. The van der Waals surface area contributed by atoms with Gasteiger partial charge in [-0.25, -0.2) is 4.79 Å². The third kappa shape index (κ3) is 3.86. The number of nitrogens with one attached hydrogen (secondary N) is 1. The molecule has 5 heteroatoms. The van der Waals surface area contributed by atoms with Gasteiger partial charge in [0, 0.05) is 18.3 Å². The standard InChI is InChI=1S/C14H21N3O2/c1-19-13-7-5-12(6-8-13)17(10-2-9-15)14(18)16-11-3-4-11/h5-8,11H,2-4,9-10,15H2,1H3,(H,16,18). The summed E-state index contributed by atoms with van der Waals surface area (Å²) in [6.45, 7) is 1.20. The van der Waals surface area contributed by atoms with Crippen molar-refractivity contribution in [1.82, 2.24) is 5.32 Å². The van der Waals surface area contributed by atoms with E-state index in [9.17, 15) is 4.79 Å². The van der Waals surface area contributed by atoms with Gasteiger partial charge in [-0.3, -0.25) is 4.90 Å². The normalized spacial score (nSPS) is 14.0. The molecule has 0 bridgehead atoms. The van der Waals surface area contributed by atoms with Crippen molar-refractivity contribution in [2.75, 3.05) is 25.1 Å². The van der Waals surface area contributed by atoms with E-state index in [1.54, 1.807) is 12.0 Å². The first-order valence-corrected chi connectivity index (χ1v) is 6.66. The SMILES string of the molecule is COc1ccc(N(CCCN)C(=O)NC2CC2)cc1.